The largest absolute Gasteiger partial charge is 0.406 e. The van der Waals surface area contributed by atoms with Gasteiger partial charge in [0.05, 0.1) is 6.10 Å². The molecule has 0 bridgehead atoms. The highest BCUT2D eigenvalue weighted by Gasteiger charge is 2.63. The second-order valence-electron chi connectivity index (χ2n) is 8.72. The van der Waals surface area contributed by atoms with Gasteiger partial charge >= 0.3 is 0 Å². The van der Waals surface area contributed by atoms with Gasteiger partial charge in [0, 0.05) is 12.6 Å². The molecule has 0 saturated carbocycles. The molecule has 0 spiro atoms. The number of hydrogen-bond donors (Lipinski definition) is 1. The molecule has 1 aliphatic rings. The van der Waals surface area contributed by atoms with Crippen LogP contribution in [0.15, 0.2) is 24.3 Å². The Morgan fingerprint density at radius 1 is 1.29 bits per heavy atom. The van der Waals surface area contributed by atoms with E-state index in [1.807, 2.05) is 18.2 Å². The molecule has 1 aliphatic heterocycles. The number of nitrogens with one attached hydrogen (secondary N) is 1. The third-order valence-electron chi connectivity index (χ3n) is 4.49. The highest BCUT2D eigenvalue weighted by Crippen LogP contribution is 2.57. The topological polar surface area (TPSA) is 47.6 Å². The zero-order valence-electron chi connectivity index (χ0n) is 16.2. The number of anilines is 1. The number of amides is 1. The van der Waals surface area contributed by atoms with E-state index in [4.69, 9.17) is 9.16 Å². The molecule has 24 heavy (non-hydrogen) atoms. The minimum Gasteiger partial charge on any atom is -0.406 e. The minimum atomic E-state index is -1.78. The Hall–Kier alpha value is -1.17. The SMILES string of the molecule is CC(=O)Nc1cccc([C@@H]2O[C@H](C)[C@@]2(O[Si](C)(C)C)C(C)(C)C)c1. The Morgan fingerprint density at radius 2 is 1.92 bits per heavy atom. The molecule has 4 nitrogen and oxygen atoms in total. The fourth-order valence-corrected chi connectivity index (χ4v) is 5.25. The van der Waals surface area contributed by atoms with Gasteiger partial charge in [-0.2, -0.15) is 0 Å². The molecule has 3 atom stereocenters. The molecule has 0 aromatic heterocycles. The van der Waals surface area contributed by atoms with Crippen molar-refractivity contribution in [1.29, 1.82) is 0 Å². The highest BCUT2D eigenvalue weighted by atomic mass is 28.4. The third kappa shape index (κ3) is 3.58. The summed E-state index contributed by atoms with van der Waals surface area (Å²) < 4.78 is 12.9. The Kier molecular flexibility index (Phi) is 5.01. The van der Waals surface area contributed by atoms with E-state index in [1.54, 1.807) is 0 Å². The lowest BCUT2D eigenvalue weighted by atomic mass is 9.65. The van der Waals surface area contributed by atoms with Crippen LogP contribution in [0.5, 0.6) is 0 Å². The van der Waals surface area contributed by atoms with Gasteiger partial charge in [0.1, 0.15) is 11.7 Å². The molecular formula is C19H31NO3Si. The van der Waals surface area contributed by atoms with Gasteiger partial charge in [-0.3, -0.25) is 4.79 Å². The molecule has 1 aromatic rings. The Morgan fingerprint density at radius 3 is 2.38 bits per heavy atom. The predicted octanol–water partition coefficient (Wildman–Crippen LogP) is 4.74. The number of hydrogen-bond acceptors (Lipinski definition) is 3. The van der Waals surface area contributed by atoms with Crippen molar-refractivity contribution in [3.8, 4) is 0 Å². The predicted molar refractivity (Wildman–Crippen MR) is 101 cm³/mol. The first-order valence-electron chi connectivity index (χ1n) is 8.60. The number of benzene rings is 1. The molecule has 1 fully saturated rings. The quantitative estimate of drug-likeness (QED) is 0.799. The summed E-state index contributed by atoms with van der Waals surface area (Å²) in [6.07, 6.45) is -0.105. The first-order valence-corrected chi connectivity index (χ1v) is 12.0. The van der Waals surface area contributed by atoms with E-state index in [9.17, 15) is 4.79 Å². The average molecular weight is 350 g/mol. The minimum absolute atomic E-state index is 0.0265. The number of carbonyl (C=O) groups is 1. The maximum absolute atomic E-state index is 11.3. The summed E-state index contributed by atoms with van der Waals surface area (Å²) >= 11 is 0. The Bertz CT molecular complexity index is 618. The highest BCUT2D eigenvalue weighted by molar-refractivity contribution is 6.69. The summed E-state index contributed by atoms with van der Waals surface area (Å²) in [6.45, 7) is 16.9. The second kappa shape index (κ2) is 6.28. The molecule has 1 amide bonds. The van der Waals surface area contributed by atoms with Gasteiger partial charge in [-0.05, 0) is 49.7 Å². The van der Waals surface area contributed by atoms with Crippen LogP contribution in [0.2, 0.25) is 19.6 Å². The summed E-state index contributed by atoms with van der Waals surface area (Å²) in [5.74, 6) is -0.0736. The maximum Gasteiger partial charge on any atom is 0.221 e. The van der Waals surface area contributed by atoms with Crippen molar-refractivity contribution < 1.29 is 14.0 Å². The number of carbonyl (C=O) groups excluding carboxylic acids is 1. The van der Waals surface area contributed by atoms with Crippen molar-refractivity contribution in [3.63, 3.8) is 0 Å². The molecular weight excluding hydrogens is 318 g/mol. The van der Waals surface area contributed by atoms with Crippen molar-refractivity contribution in [2.45, 2.75) is 72.1 Å². The maximum atomic E-state index is 11.3. The summed E-state index contributed by atoms with van der Waals surface area (Å²) in [6, 6.07) is 7.89. The Labute approximate surface area is 147 Å². The molecule has 1 saturated heterocycles. The lowest BCUT2D eigenvalue weighted by Crippen LogP contribution is -2.69. The summed E-state index contributed by atoms with van der Waals surface area (Å²) in [4.78, 5) is 11.3. The van der Waals surface area contributed by atoms with Gasteiger partial charge in [-0.1, -0.05) is 32.9 Å². The average Bonchev–Trinajstić information content (AvgIpc) is 2.39. The normalized spacial score (nSPS) is 27.5. The summed E-state index contributed by atoms with van der Waals surface area (Å²) in [7, 11) is -1.78. The monoisotopic (exact) mass is 349 g/mol. The number of rotatable bonds is 4. The fourth-order valence-electron chi connectivity index (χ4n) is 3.66. The van der Waals surface area contributed by atoms with Crippen LogP contribution in [-0.2, 0) is 14.0 Å². The molecule has 2 rings (SSSR count). The summed E-state index contributed by atoms with van der Waals surface area (Å²) in [5.41, 5.74) is 1.40. The van der Waals surface area contributed by atoms with E-state index in [1.165, 1.54) is 6.92 Å². The van der Waals surface area contributed by atoms with Crippen LogP contribution in [-0.4, -0.2) is 25.9 Å². The summed E-state index contributed by atoms with van der Waals surface area (Å²) in [5, 5.41) is 2.85. The lowest BCUT2D eigenvalue weighted by Gasteiger charge is -2.62. The van der Waals surface area contributed by atoms with Crippen LogP contribution in [0.3, 0.4) is 0 Å². The van der Waals surface area contributed by atoms with E-state index in [2.05, 4.69) is 58.7 Å². The van der Waals surface area contributed by atoms with Crippen molar-refractivity contribution in [2.75, 3.05) is 5.32 Å². The smallest absolute Gasteiger partial charge is 0.221 e. The van der Waals surface area contributed by atoms with Crippen LogP contribution < -0.4 is 5.32 Å². The molecule has 1 N–H and O–H groups in total. The van der Waals surface area contributed by atoms with Gasteiger partial charge < -0.3 is 14.5 Å². The first kappa shape index (κ1) is 19.2. The van der Waals surface area contributed by atoms with Gasteiger partial charge in [0.2, 0.25) is 5.91 Å². The standard InChI is InChI=1S/C19H31NO3Si/c1-13-19(18(3,4)5,23-24(6,7)8)17(22-13)15-10-9-11-16(12-15)20-14(2)21/h9-13,17H,1-8H3,(H,20,21)/t13-,17+,19+/m1/s1. The van der Waals surface area contributed by atoms with Crippen LogP contribution in [0.4, 0.5) is 5.69 Å². The van der Waals surface area contributed by atoms with Crippen molar-refractivity contribution >= 4 is 19.9 Å². The lowest BCUT2D eigenvalue weighted by molar-refractivity contribution is -0.317. The fraction of sp³-hybridized carbons (Fsp3) is 0.632. The van der Waals surface area contributed by atoms with Crippen molar-refractivity contribution in [1.82, 2.24) is 0 Å². The van der Waals surface area contributed by atoms with Crippen LogP contribution >= 0.6 is 0 Å². The van der Waals surface area contributed by atoms with Gasteiger partial charge in [0.25, 0.3) is 0 Å². The zero-order chi connectivity index (χ0) is 18.3. The van der Waals surface area contributed by atoms with Crippen LogP contribution in [0, 0.1) is 5.41 Å². The van der Waals surface area contributed by atoms with E-state index in [0.717, 1.165) is 11.3 Å². The third-order valence-corrected chi connectivity index (χ3v) is 5.44. The molecule has 0 aliphatic carbocycles. The number of ether oxygens (including phenoxy) is 1. The van der Waals surface area contributed by atoms with E-state index >= 15 is 0 Å². The van der Waals surface area contributed by atoms with Crippen molar-refractivity contribution in [2.24, 2.45) is 5.41 Å². The zero-order valence-corrected chi connectivity index (χ0v) is 17.2. The molecule has 134 valence electrons. The molecule has 1 aromatic carbocycles. The van der Waals surface area contributed by atoms with Crippen LogP contribution in [0.25, 0.3) is 0 Å². The van der Waals surface area contributed by atoms with Gasteiger partial charge in [-0.25, -0.2) is 0 Å². The first-order chi connectivity index (χ1) is 10.9. The van der Waals surface area contributed by atoms with Crippen LogP contribution in [0.1, 0.15) is 46.3 Å². The molecule has 1 heterocycles. The van der Waals surface area contributed by atoms with E-state index in [0.29, 0.717) is 0 Å². The van der Waals surface area contributed by atoms with Gasteiger partial charge in [0.15, 0.2) is 8.32 Å². The van der Waals surface area contributed by atoms with Crippen molar-refractivity contribution in [3.05, 3.63) is 29.8 Å². The van der Waals surface area contributed by atoms with E-state index in [-0.39, 0.29) is 29.1 Å². The Balaban J connectivity index is 2.43. The molecule has 0 unspecified atom stereocenters. The molecule has 0 radical (unpaired) electrons. The second-order valence-corrected chi connectivity index (χ2v) is 13.2. The van der Waals surface area contributed by atoms with Gasteiger partial charge in [-0.15, -0.1) is 0 Å². The van der Waals surface area contributed by atoms with E-state index < -0.39 is 8.32 Å². The molecule has 5 heteroatoms.